The summed E-state index contributed by atoms with van der Waals surface area (Å²) in [7, 11) is 3.39. The lowest BCUT2D eigenvalue weighted by atomic mass is 9.81. The topological polar surface area (TPSA) is 320 Å². The predicted octanol–water partition coefficient (Wildman–Crippen LogP) is 24.0. The lowest BCUT2D eigenvalue weighted by molar-refractivity contribution is -0.156. The predicted molar refractivity (Wildman–Crippen MR) is 611 cm³/mol. The number of benzene rings is 6. The van der Waals surface area contributed by atoms with Crippen molar-refractivity contribution in [2.24, 2.45) is 42.5 Å². The van der Waals surface area contributed by atoms with Crippen molar-refractivity contribution in [2.45, 2.75) is 213 Å². The van der Waals surface area contributed by atoms with E-state index < -0.39 is 29.8 Å². The largest absolute Gasteiger partial charge is 0.484 e. The number of halogens is 6. The summed E-state index contributed by atoms with van der Waals surface area (Å²) >= 11 is 13.4. The lowest BCUT2D eigenvalue weighted by Gasteiger charge is -2.32. The van der Waals surface area contributed by atoms with Crippen LogP contribution in [0.15, 0.2) is 254 Å². The second-order valence-corrected chi connectivity index (χ2v) is 45.3. The first-order valence-corrected chi connectivity index (χ1v) is 52.0. The summed E-state index contributed by atoms with van der Waals surface area (Å²) in [5.74, 6) is 13.8. The van der Waals surface area contributed by atoms with Gasteiger partial charge in [-0.1, -0.05) is 183 Å². The van der Waals surface area contributed by atoms with Gasteiger partial charge in [-0.3, -0.25) is 53.1 Å². The molecule has 0 radical (unpaired) electrons. The van der Waals surface area contributed by atoms with Crippen molar-refractivity contribution in [3.05, 3.63) is 334 Å². The van der Waals surface area contributed by atoms with Crippen LogP contribution in [0.4, 0.5) is 0 Å². The van der Waals surface area contributed by atoms with Gasteiger partial charge in [0.15, 0.2) is 11.8 Å². The molecule has 13 aromatic rings. The number of carbonyl (C=O) groups is 6. The van der Waals surface area contributed by atoms with Crippen LogP contribution in [0.3, 0.4) is 0 Å². The summed E-state index contributed by atoms with van der Waals surface area (Å²) in [6, 6.07) is 58.8. The fraction of sp³-hybridized carbons (Fsp3) is 0.353. The molecular formula is C119H127Br4Cl2N9O16. The molecule has 0 unspecified atom stereocenters. The van der Waals surface area contributed by atoms with Gasteiger partial charge in [-0.25, -0.2) is 19.7 Å². The van der Waals surface area contributed by atoms with Gasteiger partial charge in [0.05, 0.1) is 32.6 Å². The Balaban J connectivity index is 0.000000189. The van der Waals surface area contributed by atoms with Crippen molar-refractivity contribution < 1.29 is 57.6 Å². The molecule has 0 saturated carbocycles. The van der Waals surface area contributed by atoms with Crippen LogP contribution in [-0.4, -0.2) is 114 Å². The highest BCUT2D eigenvalue weighted by molar-refractivity contribution is 9.11. The summed E-state index contributed by atoms with van der Waals surface area (Å²) in [6.45, 7) is 34.6. The third-order valence-electron chi connectivity index (χ3n) is 25.7. The number of fused-ring (bicyclic) bond motifs is 9. The van der Waals surface area contributed by atoms with E-state index in [2.05, 4.69) is 240 Å². The SMILES string of the molecule is C#Cc1ccccn1.CC(=O)OC(C)=O.CC1(C)CCc2cc3cc(Br)ccc3c(=O)n2C1.CC1(C)CCc2cc3cc(Br)ccc3c(=O)n2C1.CC1(C)CCc2cc3cc(C#Cc4ccccn4)ccc3c(=O)n2C1.CC1(C)CCn2c(cc3cc(C#Cc4ccccn4)ccc3c2=O)C1.COC1=NCC(C)(C)CC1.COC1=NCCC(C)(C)C1.Cl.Cl.O=C1Cc2cc(Br)ccc2C(=O)O1.O=COc1ccc(Br)cc1CC(=O)O. The van der Waals surface area contributed by atoms with Crippen molar-refractivity contribution in [3.63, 3.8) is 0 Å². The number of hydrogen-bond donors (Lipinski definition) is 1. The Kier molecular flexibility index (Phi) is 43.8. The summed E-state index contributed by atoms with van der Waals surface area (Å²) in [5.41, 5.74) is 12.4. The molecule has 0 bridgehead atoms. The van der Waals surface area contributed by atoms with Crippen LogP contribution < -0.4 is 27.0 Å². The average molecular weight is 2330 g/mol. The molecular weight excluding hydrogens is 2200 g/mol. The Hall–Kier alpha value is -13.1. The Bertz CT molecular complexity index is 7480. The normalized spacial score (nSPS) is 15.5. The quantitative estimate of drug-likeness (QED) is 0.0740. The van der Waals surface area contributed by atoms with E-state index in [1.165, 1.54) is 44.1 Å². The minimum Gasteiger partial charge on any atom is -0.484 e. The number of carboxylic acid groups (broad SMARTS) is 1. The van der Waals surface area contributed by atoms with E-state index in [9.17, 15) is 47.9 Å². The smallest absolute Gasteiger partial charge is 0.346 e. The van der Waals surface area contributed by atoms with E-state index in [4.69, 9.17) is 21.0 Å². The number of terminal acetylenes is 1. The zero-order valence-electron chi connectivity index (χ0n) is 87.4. The third-order valence-corrected chi connectivity index (χ3v) is 27.6. The van der Waals surface area contributed by atoms with E-state index in [0.29, 0.717) is 27.7 Å². The molecule has 20 rings (SSSR count). The van der Waals surface area contributed by atoms with Crippen molar-refractivity contribution in [2.75, 3.05) is 27.3 Å². The minimum absolute atomic E-state index is 0. The molecule has 7 aliphatic heterocycles. The highest BCUT2D eigenvalue weighted by atomic mass is 79.9. The first-order chi connectivity index (χ1) is 70.1. The number of cyclic esters (lactones) is 2. The summed E-state index contributed by atoms with van der Waals surface area (Å²) in [5, 5.41) is 15.8. The fourth-order valence-electron chi connectivity index (χ4n) is 17.5. The number of ether oxygens (including phenoxy) is 5. The molecule has 14 heterocycles. The summed E-state index contributed by atoms with van der Waals surface area (Å²) < 4.78 is 34.6. The van der Waals surface area contributed by atoms with Gasteiger partial charge in [0.1, 0.15) is 22.8 Å². The molecule has 25 nitrogen and oxygen atoms in total. The number of pyridine rings is 7. The molecule has 7 aliphatic rings. The van der Waals surface area contributed by atoms with E-state index >= 15 is 0 Å². The van der Waals surface area contributed by atoms with Gasteiger partial charge in [-0.15, -0.1) is 31.2 Å². The van der Waals surface area contributed by atoms with Crippen LogP contribution >= 0.6 is 88.5 Å². The Morgan fingerprint density at radius 3 is 1.26 bits per heavy atom. The van der Waals surface area contributed by atoms with Crippen LogP contribution in [0, 0.1) is 68.5 Å². The monoisotopic (exact) mass is 2320 g/mol. The maximum Gasteiger partial charge on any atom is 0.346 e. The van der Waals surface area contributed by atoms with Crippen LogP contribution in [-0.2, 0) is 108 Å². The van der Waals surface area contributed by atoms with Crippen molar-refractivity contribution in [1.29, 1.82) is 0 Å². The molecule has 0 amide bonds. The number of carboxylic acids is 1. The second kappa shape index (κ2) is 54.6. The number of aryl methyl sites for hydroxylation is 3. The first-order valence-electron chi connectivity index (χ1n) is 48.8. The maximum atomic E-state index is 12.9. The van der Waals surface area contributed by atoms with Crippen LogP contribution in [0.1, 0.15) is 221 Å². The third kappa shape index (κ3) is 35.8. The molecule has 0 fully saturated rings. The number of aliphatic carboxylic acids is 1. The average Bonchev–Trinajstić information content (AvgIpc) is 0.774. The number of methoxy groups -OCH3 is 2. The van der Waals surface area contributed by atoms with Gasteiger partial charge in [-0.2, -0.15) is 0 Å². The minimum atomic E-state index is -0.973. The molecule has 31 heteroatoms. The summed E-state index contributed by atoms with van der Waals surface area (Å²) in [6.07, 6.45) is 22.8. The van der Waals surface area contributed by atoms with Crippen LogP contribution in [0.25, 0.3) is 43.1 Å². The molecule has 0 spiro atoms. The van der Waals surface area contributed by atoms with Gasteiger partial charge < -0.3 is 47.1 Å². The molecule has 786 valence electrons. The van der Waals surface area contributed by atoms with E-state index in [0.717, 1.165) is 216 Å². The fourth-order valence-corrected chi connectivity index (χ4v) is 19.1. The standard InChI is InChI=1S/2C22H20N2O.2C15H16BrNO.C9H7BrO4.C9H5BrO3.2C8H15NO.C7H5N.C4H6O3.2ClH/c1-22(2)11-10-19-14-17-13-16(6-8-18-5-3-4-12-23-18)7-9-20(17)21(25)24(19)15-22;1-22(2)10-12-24-19(15-22)14-17-13-16(7-9-20(17)21(24)25)6-8-18-5-3-4-11-23-18;2*1-15(2)6-5-12-8-10-7-11(16)3-4-13(10)14(18)17(12)9-15;10-7-1-2-8(14-5-11)6(3-7)4-9(12)13;10-6-1-2-7-5(3-6)4-8(11)13-9(7)12;1-8(2)4-5-9-7(6-8)10-3;1-8(2)5-4-7(10-3)9-6-8;1-2-7-5-3-4-6-8-7;1-3(5)7-4(2)6;;/h3-5,7,9,12-14H,10-11,15H2,1-2H3;3-5,7,9,11,13-14H,10,12,15H2,1-2H3;2*3-4,7-8H,5-6,9H2,1-2H3;1-3,5H,4H2,(H,12,13);1-3H,4H2;2*4-6H2,1-3H3;1,3-6H;1-2H3;2*1H. The van der Waals surface area contributed by atoms with Crippen molar-refractivity contribution >= 4 is 180 Å². The lowest BCUT2D eigenvalue weighted by Crippen LogP contribution is -2.35. The Morgan fingerprint density at radius 2 is 0.860 bits per heavy atom. The highest BCUT2D eigenvalue weighted by Crippen LogP contribution is 2.38. The Morgan fingerprint density at radius 1 is 0.447 bits per heavy atom. The van der Waals surface area contributed by atoms with Gasteiger partial charge in [-0.05, 0) is 306 Å². The van der Waals surface area contributed by atoms with E-state index in [-0.39, 0.29) is 93.8 Å². The van der Waals surface area contributed by atoms with Crippen LogP contribution in [0.2, 0.25) is 0 Å². The van der Waals surface area contributed by atoms with Crippen molar-refractivity contribution in [1.82, 2.24) is 33.2 Å². The zero-order valence-corrected chi connectivity index (χ0v) is 95.3. The number of carbonyl (C=O) groups excluding carboxylic acids is 5. The number of aliphatic imine (C=N–C) groups is 2. The number of esters is 4. The summed E-state index contributed by atoms with van der Waals surface area (Å²) in [4.78, 5) is 134. The number of rotatable bonds is 4. The van der Waals surface area contributed by atoms with Crippen molar-refractivity contribution in [3.8, 4) is 41.8 Å². The van der Waals surface area contributed by atoms with Gasteiger partial charge in [0.25, 0.3) is 28.7 Å². The van der Waals surface area contributed by atoms with Gasteiger partial charge >= 0.3 is 29.8 Å². The molecule has 150 heavy (non-hydrogen) atoms. The van der Waals surface area contributed by atoms with Gasteiger partial charge in [0.2, 0.25) is 0 Å². The Labute approximate surface area is 921 Å². The molecule has 7 aromatic heterocycles. The molecule has 0 atom stereocenters. The number of aromatic nitrogens is 7. The molecule has 0 saturated heterocycles. The molecule has 1 N–H and O–H groups in total. The maximum absolute atomic E-state index is 12.9. The first kappa shape index (κ1) is 120. The molecule has 0 aliphatic carbocycles. The number of hydrogen-bond acceptors (Lipinski definition) is 20. The molecule has 6 aromatic carbocycles. The zero-order chi connectivity index (χ0) is 108. The van der Waals surface area contributed by atoms with Gasteiger partial charge in [0, 0.05) is 163 Å². The van der Waals surface area contributed by atoms with E-state index in [1.54, 1.807) is 69.2 Å². The second-order valence-electron chi connectivity index (χ2n) is 41.6. The highest BCUT2D eigenvalue weighted by Gasteiger charge is 2.33. The van der Waals surface area contributed by atoms with E-state index in [1.807, 2.05) is 140 Å². The van der Waals surface area contributed by atoms with Crippen LogP contribution in [0.5, 0.6) is 5.75 Å². The number of nitrogens with zero attached hydrogens (tertiary/aromatic N) is 9.